The molecule has 8 nitrogen and oxygen atoms in total. The SMILES string of the molecule is CCS(=O)(=O)NCC[C@H]1CC[C@H](NS(=O)(=O)c2ccccc2C)[C@H](CO)O1. The first-order valence-electron chi connectivity index (χ1n) is 9.00. The van der Waals surface area contributed by atoms with E-state index < -0.39 is 32.2 Å². The second-order valence-electron chi connectivity index (χ2n) is 6.64. The molecule has 0 spiro atoms. The lowest BCUT2D eigenvalue weighted by molar-refractivity contribution is -0.0869. The molecule has 0 amide bonds. The lowest BCUT2D eigenvalue weighted by atomic mass is 9.98. The normalized spacial score (nSPS) is 24.0. The summed E-state index contributed by atoms with van der Waals surface area (Å²) in [5.41, 5.74) is 0.642. The summed E-state index contributed by atoms with van der Waals surface area (Å²) in [4.78, 5) is 0.206. The molecule has 10 heteroatoms. The predicted molar refractivity (Wildman–Crippen MR) is 102 cm³/mol. The van der Waals surface area contributed by atoms with Crippen LogP contribution in [0.25, 0.3) is 0 Å². The standard InChI is InChI=1S/C17H28N2O6S2/c1-3-26(21,22)18-11-10-14-8-9-15(16(12-20)25-14)19-27(23,24)17-7-5-4-6-13(17)2/h4-7,14-16,18-20H,3,8-12H2,1-2H3/t14-,15+,16+/m1/s1. The Balaban J connectivity index is 1.96. The van der Waals surface area contributed by atoms with Crippen LogP contribution < -0.4 is 9.44 Å². The molecule has 1 aliphatic rings. The Kier molecular flexibility index (Phi) is 7.78. The third-order valence-corrected chi connectivity index (χ3v) is 7.71. The van der Waals surface area contributed by atoms with E-state index in [9.17, 15) is 21.9 Å². The van der Waals surface area contributed by atoms with Crippen LogP contribution in [0.15, 0.2) is 29.2 Å². The zero-order valence-electron chi connectivity index (χ0n) is 15.6. The van der Waals surface area contributed by atoms with Crippen LogP contribution in [-0.4, -0.2) is 59.1 Å². The number of aliphatic hydroxyl groups excluding tert-OH is 1. The molecule has 0 bridgehead atoms. The number of sulfonamides is 2. The van der Waals surface area contributed by atoms with E-state index in [2.05, 4.69) is 9.44 Å². The molecule has 0 aromatic heterocycles. The van der Waals surface area contributed by atoms with Gasteiger partial charge in [0.2, 0.25) is 20.0 Å². The van der Waals surface area contributed by atoms with Crippen LogP contribution in [0.4, 0.5) is 0 Å². The first-order valence-corrected chi connectivity index (χ1v) is 12.1. The number of ether oxygens (including phenoxy) is 1. The van der Waals surface area contributed by atoms with Crippen LogP contribution in [0.2, 0.25) is 0 Å². The number of rotatable bonds is 9. The Morgan fingerprint density at radius 1 is 1.19 bits per heavy atom. The molecule has 2 rings (SSSR count). The van der Waals surface area contributed by atoms with E-state index in [-0.39, 0.29) is 29.9 Å². The minimum atomic E-state index is -3.72. The molecule has 27 heavy (non-hydrogen) atoms. The van der Waals surface area contributed by atoms with Crippen molar-refractivity contribution < 1.29 is 26.7 Å². The topological polar surface area (TPSA) is 122 Å². The van der Waals surface area contributed by atoms with Crippen molar-refractivity contribution in [2.75, 3.05) is 18.9 Å². The molecule has 1 saturated heterocycles. The zero-order valence-corrected chi connectivity index (χ0v) is 17.2. The van der Waals surface area contributed by atoms with Gasteiger partial charge in [0.1, 0.15) is 0 Å². The van der Waals surface area contributed by atoms with Gasteiger partial charge in [-0.2, -0.15) is 0 Å². The van der Waals surface area contributed by atoms with Crippen molar-refractivity contribution in [1.29, 1.82) is 0 Å². The van der Waals surface area contributed by atoms with Gasteiger partial charge in [-0.25, -0.2) is 26.3 Å². The number of aryl methyl sites for hydroxylation is 1. The van der Waals surface area contributed by atoms with Crippen LogP contribution in [0.5, 0.6) is 0 Å². The minimum Gasteiger partial charge on any atom is -0.394 e. The van der Waals surface area contributed by atoms with Crippen LogP contribution >= 0.6 is 0 Å². The van der Waals surface area contributed by atoms with Crippen molar-refractivity contribution in [3.05, 3.63) is 29.8 Å². The van der Waals surface area contributed by atoms with Crippen molar-refractivity contribution in [3.8, 4) is 0 Å². The average molecular weight is 421 g/mol. The number of aliphatic hydroxyl groups is 1. The summed E-state index contributed by atoms with van der Waals surface area (Å²) in [6, 6.07) is 6.16. The fourth-order valence-electron chi connectivity index (χ4n) is 3.08. The highest BCUT2D eigenvalue weighted by Crippen LogP contribution is 2.24. The minimum absolute atomic E-state index is 0.0144. The monoisotopic (exact) mass is 420 g/mol. The van der Waals surface area contributed by atoms with E-state index in [1.807, 2.05) is 0 Å². The van der Waals surface area contributed by atoms with E-state index in [1.54, 1.807) is 32.0 Å². The maximum Gasteiger partial charge on any atom is 0.241 e. The summed E-state index contributed by atoms with van der Waals surface area (Å²) < 4.78 is 59.2. The molecule has 0 unspecified atom stereocenters. The molecule has 154 valence electrons. The van der Waals surface area contributed by atoms with Crippen molar-refractivity contribution in [1.82, 2.24) is 9.44 Å². The molecule has 0 radical (unpaired) electrons. The zero-order chi connectivity index (χ0) is 20.1. The highest BCUT2D eigenvalue weighted by atomic mass is 32.2. The van der Waals surface area contributed by atoms with Gasteiger partial charge in [0.15, 0.2) is 0 Å². The molecular formula is C17H28N2O6S2. The van der Waals surface area contributed by atoms with Gasteiger partial charge < -0.3 is 9.84 Å². The van der Waals surface area contributed by atoms with Gasteiger partial charge in [-0.05, 0) is 44.7 Å². The lowest BCUT2D eigenvalue weighted by Crippen LogP contribution is -2.51. The van der Waals surface area contributed by atoms with Crippen LogP contribution in [0.3, 0.4) is 0 Å². The fourth-order valence-corrected chi connectivity index (χ4v) is 5.25. The Labute approximate surface area is 161 Å². The van der Waals surface area contributed by atoms with Crippen molar-refractivity contribution in [2.45, 2.75) is 56.3 Å². The smallest absolute Gasteiger partial charge is 0.241 e. The molecule has 3 atom stereocenters. The van der Waals surface area contributed by atoms with E-state index in [0.29, 0.717) is 24.8 Å². The summed E-state index contributed by atoms with van der Waals surface area (Å²) in [5.74, 6) is 0.0144. The second kappa shape index (κ2) is 9.44. The molecule has 1 aromatic carbocycles. The first-order chi connectivity index (χ1) is 12.7. The molecule has 0 saturated carbocycles. The van der Waals surface area contributed by atoms with Crippen molar-refractivity contribution in [3.63, 3.8) is 0 Å². The molecule has 1 heterocycles. The molecule has 1 aromatic rings. The Hall–Kier alpha value is -1.04. The first kappa shape index (κ1) is 22.3. The highest BCUT2D eigenvalue weighted by molar-refractivity contribution is 7.89. The predicted octanol–water partition coefficient (Wildman–Crippen LogP) is 0.511. The number of nitrogens with one attached hydrogen (secondary N) is 2. The molecule has 1 aliphatic heterocycles. The summed E-state index contributed by atoms with van der Waals surface area (Å²) in [7, 11) is -6.98. The third-order valence-electron chi connectivity index (χ3n) is 4.65. The van der Waals surface area contributed by atoms with Gasteiger partial charge in [0.25, 0.3) is 0 Å². The van der Waals surface area contributed by atoms with Crippen molar-refractivity contribution in [2.24, 2.45) is 0 Å². The van der Waals surface area contributed by atoms with Gasteiger partial charge in [-0.3, -0.25) is 0 Å². The molecular weight excluding hydrogens is 392 g/mol. The summed E-state index contributed by atoms with van der Waals surface area (Å²) in [6.07, 6.45) is 0.631. The summed E-state index contributed by atoms with van der Waals surface area (Å²) in [6.45, 7) is 3.21. The van der Waals surface area contributed by atoms with E-state index >= 15 is 0 Å². The number of hydrogen-bond acceptors (Lipinski definition) is 6. The fraction of sp³-hybridized carbons (Fsp3) is 0.647. The van der Waals surface area contributed by atoms with Gasteiger partial charge in [0.05, 0.1) is 35.5 Å². The maximum absolute atomic E-state index is 12.7. The van der Waals surface area contributed by atoms with Crippen LogP contribution in [0.1, 0.15) is 31.7 Å². The van der Waals surface area contributed by atoms with Gasteiger partial charge in [-0.1, -0.05) is 18.2 Å². The second-order valence-corrected chi connectivity index (χ2v) is 10.4. The number of hydrogen-bond donors (Lipinski definition) is 3. The average Bonchev–Trinajstić information content (AvgIpc) is 2.62. The number of benzene rings is 1. The maximum atomic E-state index is 12.7. The van der Waals surface area contributed by atoms with Gasteiger partial charge >= 0.3 is 0 Å². The summed E-state index contributed by atoms with van der Waals surface area (Å²) >= 11 is 0. The third kappa shape index (κ3) is 6.23. The Morgan fingerprint density at radius 2 is 1.89 bits per heavy atom. The van der Waals surface area contributed by atoms with Gasteiger partial charge in [-0.15, -0.1) is 0 Å². The van der Waals surface area contributed by atoms with Crippen LogP contribution in [0, 0.1) is 6.92 Å². The molecule has 3 N–H and O–H groups in total. The van der Waals surface area contributed by atoms with E-state index in [1.165, 1.54) is 6.07 Å². The highest BCUT2D eigenvalue weighted by Gasteiger charge is 2.34. The lowest BCUT2D eigenvalue weighted by Gasteiger charge is -2.36. The molecule has 0 aliphatic carbocycles. The Morgan fingerprint density at radius 3 is 2.52 bits per heavy atom. The van der Waals surface area contributed by atoms with E-state index in [0.717, 1.165) is 0 Å². The van der Waals surface area contributed by atoms with Crippen molar-refractivity contribution >= 4 is 20.0 Å². The Bertz CT molecular complexity index is 826. The largest absolute Gasteiger partial charge is 0.394 e. The molecule has 1 fully saturated rings. The quantitative estimate of drug-likeness (QED) is 0.535. The summed E-state index contributed by atoms with van der Waals surface area (Å²) in [5, 5.41) is 9.62. The van der Waals surface area contributed by atoms with Gasteiger partial charge in [0, 0.05) is 6.54 Å². The van der Waals surface area contributed by atoms with E-state index in [4.69, 9.17) is 4.74 Å². The van der Waals surface area contributed by atoms with Crippen LogP contribution in [-0.2, 0) is 24.8 Å².